The monoisotopic (exact) mass is 667 g/mol. The summed E-state index contributed by atoms with van der Waals surface area (Å²) in [5, 5.41) is 8.08. The molecule has 3 unspecified atom stereocenters. The van der Waals surface area contributed by atoms with Crippen molar-refractivity contribution >= 4 is 33.4 Å². The van der Waals surface area contributed by atoms with Crippen LogP contribution in [-0.2, 0) is 41.2 Å². The molecule has 0 amide bonds. The first-order valence-electron chi connectivity index (χ1n) is 15.1. The molecule has 11 nitrogen and oxygen atoms in total. The number of esters is 2. The number of cyclic esters (lactones) is 1. The van der Waals surface area contributed by atoms with Gasteiger partial charge in [-0.3, -0.25) is 9.36 Å². The van der Waals surface area contributed by atoms with Crippen molar-refractivity contribution in [2.45, 2.75) is 84.5 Å². The van der Waals surface area contributed by atoms with Gasteiger partial charge in [-0.1, -0.05) is 43.4 Å². The van der Waals surface area contributed by atoms with E-state index in [1.54, 1.807) is 20.1 Å². The summed E-state index contributed by atoms with van der Waals surface area (Å²) < 4.78 is 40.9. The highest BCUT2D eigenvalue weighted by Crippen LogP contribution is 2.56. The fraction of sp³-hybridized carbons (Fsp3) is 0.594. The minimum absolute atomic E-state index is 0.0800. The number of carbonyl (C=O) groups excluding carboxylic acids is 2. The van der Waals surface area contributed by atoms with E-state index in [2.05, 4.69) is 19.6 Å². The fourth-order valence-electron chi connectivity index (χ4n) is 4.99. The van der Waals surface area contributed by atoms with Crippen LogP contribution in [0.1, 0.15) is 60.7 Å². The van der Waals surface area contributed by atoms with Gasteiger partial charge in [0, 0.05) is 32.5 Å². The average Bonchev–Trinajstić information content (AvgIpc) is 3.35. The zero-order chi connectivity index (χ0) is 34.2. The second-order valence-electron chi connectivity index (χ2n) is 12.7. The van der Waals surface area contributed by atoms with Crippen LogP contribution in [0.5, 0.6) is 11.5 Å². The summed E-state index contributed by atoms with van der Waals surface area (Å²) in [5.41, 5.74) is 9.61. The van der Waals surface area contributed by atoms with Gasteiger partial charge in [0.1, 0.15) is 23.7 Å². The van der Waals surface area contributed by atoms with Gasteiger partial charge in [-0.25, -0.2) is 9.59 Å². The Morgan fingerprint density at radius 2 is 1.87 bits per heavy atom. The van der Waals surface area contributed by atoms with E-state index in [-0.39, 0.29) is 32.2 Å². The number of hydrogen-bond acceptors (Lipinski definition) is 10. The van der Waals surface area contributed by atoms with Crippen LogP contribution in [0.4, 0.5) is 0 Å². The van der Waals surface area contributed by atoms with E-state index < -0.39 is 44.5 Å². The molecule has 1 aliphatic rings. The van der Waals surface area contributed by atoms with Gasteiger partial charge in [0.15, 0.2) is 5.28 Å². The molecule has 45 heavy (non-hydrogen) atoms. The summed E-state index contributed by atoms with van der Waals surface area (Å²) >= 11 is 0. The van der Waals surface area contributed by atoms with Crippen molar-refractivity contribution in [1.29, 1.82) is 0 Å². The summed E-state index contributed by atoms with van der Waals surface area (Å²) in [5.74, 6) is -1.92. The lowest BCUT2D eigenvalue weighted by atomic mass is 9.93. The van der Waals surface area contributed by atoms with Crippen molar-refractivity contribution in [3.8, 4) is 11.5 Å². The molecule has 0 aromatic heterocycles. The van der Waals surface area contributed by atoms with Crippen LogP contribution < -0.4 is 15.2 Å². The molecule has 0 aliphatic carbocycles. The summed E-state index contributed by atoms with van der Waals surface area (Å²) in [6.45, 7) is 14.1. The molecule has 0 saturated carbocycles. The smallest absolute Gasteiger partial charge is 0.342 e. The van der Waals surface area contributed by atoms with E-state index in [4.69, 9.17) is 29.2 Å². The summed E-state index contributed by atoms with van der Waals surface area (Å²) in [7, 11) is -2.30. The van der Waals surface area contributed by atoms with E-state index in [9.17, 15) is 24.1 Å². The molecule has 0 fully saturated rings. The third-order valence-corrected chi connectivity index (χ3v) is 12.5. The molecule has 0 radical (unpaired) electrons. The third-order valence-electron chi connectivity index (χ3n) is 7.92. The number of carboxylic acid groups (broad SMARTS) is 1. The first-order valence-corrected chi connectivity index (χ1v) is 20.6. The Morgan fingerprint density at radius 3 is 2.42 bits per heavy atom. The summed E-state index contributed by atoms with van der Waals surface area (Å²) in [4.78, 5) is 37.2. The van der Waals surface area contributed by atoms with E-state index in [0.29, 0.717) is 30.1 Å². The van der Waals surface area contributed by atoms with Crippen LogP contribution >= 0.6 is 7.37 Å². The maximum absolute atomic E-state index is 13.3. The average molecular weight is 668 g/mol. The lowest BCUT2D eigenvalue weighted by Crippen LogP contribution is -2.46. The van der Waals surface area contributed by atoms with E-state index in [1.807, 2.05) is 19.9 Å². The van der Waals surface area contributed by atoms with Crippen LogP contribution in [0.3, 0.4) is 0 Å². The molecular weight excluding hydrogens is 617 g/mol. The number of hydrogen-bond donors (Lipinski definition) is 2. The zero-order valence-corrected chi connectivity index (χ0v) is 30.0. The number of fused-ring (bicyclic) bond motifs is 1. The Hall–Kier alpha value is -2.92. The second-order valence-corrected chi connectivity index (χ2v) is 21.3. The second kappa shape index (κ2) is 16.1. The molecule has 1 aliphatic heterocycles. The number of carboxylic acids is 1. The van der Waals surface area contributed by atoms with Crippen molar-refractivity contribution < 1.29 is 47.5 Å². The number of ether oxygens (including phenoxy) is 4. The van der Waals surface area contributed by atoms with Crippen LogP contribution in [0.15, 0.2) is 23.8 Å². The Kier molecular flexibility index (Phi) is 13.7. The van der Waals surface area contributed by atoms with Gasteiger partial charge in [0.05, 0.1) is 26.2 Å². The normalized spacial score (nSPS) is 16.8. The third kappa shape index (κ3) is 9.54. The molecule has 0 bridgehead atoms. The van der Waals surface area contributed by atoms with Gasteiger partial charge < -0.3 is 34.3 Å². The van der Waals surface area contributed by atoms with Gasteiger partial charge in [-0.05, 0) is 58.6 Å². The van der Waals surface area contributed by atoms with Crippen LogP contribution in [-0.4, -0.2) is 70.0 Å². The molecule has 252 valence electrons. The lowest BCUT2D eigenvalue weighted by Gasteiger charge is -2.29. The molecule has 0 saturated heterocycles. The van der Waals surface area contributed by atoms with Crippen LogP contribution in [0, 0.1) is 12.8 Å². The van der Waals surface area contributed by atoms with Crippen molar-refractivity contribution in [2.24, 2.45) is 11.7 Å². The van der Waals surface area contributed by atoms with Crippen molar-refractivity contribution in [1.82, 2.24) is 0 Å². The quantitative estimate of drug-likeness (QED) is 0.0808. The van der Waals surface area contributed by atoms with Gasteiger partial charge in [-0.2, -0.15) is 0 Å². The number of aliphatic carboxylic acids is 1. The first kappa shape index (κ1) is 38.3. The molecule has 1 aromatic carbocycles. The lowest BCUT2D eigenvalue weighted by molar-refractivity contribution is -0.146. The number of rotatable bonds is 18. The molecule has 0 spiro atoms. The van der Waals surface area contributed by atoms with E-state index in [0.717, 1.165) is 28.3 Å². The first-order chi connectivity index (χ1) is 20.9. The minimum atomic E-state index is -3.69. The Balaban J connectivity index is 2.27. The Labute approximate surface area is 267 Å². The van der Waals surface area contributed by atoms with Gasteiger partial charge >= 0.3 is 17.9 Å². The molecular formula is C32H50NO10PSi. The van der Waals surface area contributed by atoms with Crippen LogP contribution in [0.2, 0.25) is 25.7 Å². The summed E-state index contributed by atoms with van der Waals surface area (Å²) in [6, 6.07) is 0.905. The topological polar surface area (TPSA) is 161 Å². The van der Waals surface area contributed by atoms with Crippen molar-refractivity contribution in [3.63, 3.8) is 0 Å². The largest absolute Gasteiger partial charge is 0.496 e. The molecule has 2 rings (SSSR count). The molecule has 3 N–H and O–H groups in total. The van der Waals surface area contributed by atoms with Crippen molar-refractivity contribution in [2.75, 3.05) is 33.6 Å². The Bertz CT molecular complexity index is 1360. The maximum Gasteiger partial charge on any atom is 0.342 e. The van der Waals surface area contributed by atoms with Gasteiger partial charge in [0.2, 0.25) is 7.37 Å². The molecule has 1 aromatic rings. The Morgan fingerprint density at radius 1 is 1.20 bits per heavy atom. The van der Waals surface area contributed by atoms with E-state index >= 15 is 0 Å². The highest BCUT2D eigenvalue weighted by atomic mass is 31.2. The zero-order valence-electron chi connectivity index (χ0n) is 28.1. The SMILES string of the molecule is CCOC(=O)C(C)(N)P(=O)(CC=CCC(CC(C)=CCc1c(OC)c(C)c2c(c1OCC[Si](C)(C)C)C(=O)OC2)C(=O)O)OC. The number of allylic oxidation sites excluding steroid dienone is 4. The summed E-state index contributed by atoms with van der Waals surface area (Å²) in [6.07, 6.45) is 5.68. The fourth-order valence-corrected chi connectivity index (χ4v) is 7.38. The molecule has 1 heterocycles. The van der Waals surface area contributed by atoms with E-state index in [1.165, 1.54) is 20.1 Å². The number of benzene rings is 1. The molecule has 13 heteroatoms. The van der Waals surface area contributed by atoms with Gasteiger partial charge in [0.25, 0.3) is 0 Å². The maximum atomic E-state index is 13.3. The highest BCUT2D eigenvalue weighted by Gasteiger charge is 2.48. The highest BCUT2D eigenvalue weighted by molar-refractivity contribution is 7.61. The molecule has 3 atom stereocenters. The standard InChI is InChI=1S/C32H50NO10PSi/c1-10-41-31(37)32(4,33)44(38,40-6)17-12-11-13-23(29(34)35)19-21(2)14-15-24-27(39-5)22(3)25-20-43-30(36)26(25)28(24)42-16-18-45(7,8)9/h11-12,14,23H,10,13,15-20,33H2,1-9H3,(H,34,35). The predicted molar refractivity (Wildman–Crippen MR) is 176 cm³/mol. The van der Waals surface area contributed by atoms with Crippen LogP contribution in [0.25, 0.3) is 0 Å². The number of methoxy groups -OCH3 is 1. The number of carbonyl (C=O) groups is 3. The predicted octanol–water partition coefficient (Wildman–Crippen LogP) is 6.08. The van der Waals surface area contributed by atoms with Gasteiger partial charge in [-0.15, -0.1) is 0 Å². The number of nitrogens with two attached hydrogens (primary N) is 1. The van der Waals surface area contributed by atoms with Crippen molar-refractivity contribution in [3.05, 3.63) is 46.1 Å². The minimum Gasteiger partial charge on any atom is -0.496 e.